The largest absolute Gasteiger partial charge is 0.387 e. The number of aromatic nitrogens is 2. The number of benzene rings is 1. The Kier molecular flexibility index (Phi) is 5.45. The van der Waals surface area contributed by atoms with Gasteiger partial charge >= 0.3 is 0 Å². The van der Waals surface area contributed by atoms with Crippen molar-refractivity contribution in [3.8, 4) is 0 Å². The van der Waals surface area contributed by atoms with E-state index in [0.717, 1.165) is 18.5 Å². The molecule has 1 aliphatic rings. The molecule has 6 nitrogen and oxygen atoms in total. The zero-order valence-corrected chi connectivity index (χ0v) is 14.1. The highest BCUT2D eigenvalue weighted by molar-refractivity contribution is 5.95. The third-order valence-corrected chi connectivity index (χ3v) is 4.54. The molecule has 2 N–H and O–H groups in total. The minimum atomic E-state index is -0.893. The van der Waals surface area contributed by atoms with Crippen molar-refractivity contribution in [2.75, 3.05) is 19.8 Å². The summed E-state index contributed by atoms with van der Waals surface area (Å²) >= 11 is 0. The van der Waals surface area contributed by atoms with Crippen molar-refractivity contribution in [3.63, 3.8) is 0 Å². The highest BCUT2D eigenvalue weighted by Gasteiger charge is 2.22. The predicted octanol–water partition coefficient (Wildman–Crippen LogP) is 2.15. The molecule has 134 valence electrons. The molecule has 3 rings (SSSR count). The molecule has 0 saturated carbocycles. The standard InChI is InChI=1S/C18H22FN3O3/c1-12-16(10-21-22(12)15-6-8-25-9-7-15)18(24)20-11-17(23)13-2-4-14(19)5-3-13/h2-5,10,15,17,23H,6-9,11H2,1H3,(H,20,24). The van der Waals surface area contributed by atoms with E-state index in [0.29, 0.717) is 24.3 Å². The second-order valence-corrected chi connectivity index (χ2v) is 6.21. The van der Waals surface area contributed by atoms with Crippen molar-refractivity contribution in [2.24, 2.45) is 0 Å². The van der Waals surface area contributed by atoms with Crippen molar-refractivity contribution in [1.82, 2.24) is 15.1 Å². The number of carbonyl (C=O) groups is 1. The van der Waals surface area contributed by atoms with Gasteiger partial charge in [0.2, 0.25) is 0 Å². The number of rotatable bonds is 5. The Bertz CT molecular complexity index is 724. The number of hydrogen-bond donors (Lipinski definition) is 2. The Morgan fingerprint density at radius 1 is 1.40 bits per heavy atom. The first kappa shape index (κ1) is 17.6. The van der Waals surface area contributed by atoms with Gasteiger partial charge in [0.15, 0.2) is 0 Å². The second-order valence-electron chi connectivity index (χ2n) is 6.21. The number of ether oxygens (including phenoxy) is 1. The number of nitrogens with zero attached hydrogens (tertiary/aromatic N) is 2. The molecule has 0 aliphatic carbocycles. The van der Waals surface area contributed by atoms with Gasteiger partial charge in [0.25, 0.3) is 5.91 Å². The van der Waals surface area contributed by atoms with Gasteiger partial charge in [-0.3, -0.25) is 9.48 Å². The SMILES string of the molecule is Cc1c(C(=O)NCC(O)c2ccc(F)cc2)cnn1C1CCOCC1. The number of aliphatic hydroxyl groups excluding tert-OH is 1. The van der Waals surface area contributed by atoms with Gasteiger partial charge in [-0.2, -0.15) is 5.10 Å². The van der Waals surface area contributed by atoms with Crippen LogP contribution in [0.3, 0.4) is 0 Å². The van der Waals surface area contributed by atoms with Gasteiger partial charge < -0.3 is 15.2 Å². The van der Waals surface area contributed by atoms with Gasteiger partial charge in [0.1, 0.15) is 5.82 Å². The predicted molar refractivity (Wildman–Crippen MR) is 89.7 cm³/mol. The topological polar surface area (TPSA) is 76.4 Å². The average Bonchev–Trinajstić information content (AvgIpc) is 3.02. The quantitative estimate of drug-likeness (QED) is 0.869. The molecule has 0 spiro atoms. The number of aliphatic hydroxyl groups is 1. The highest BCUT2D eigenvalue weighted by Crippen LogP contribution is 2.23. The van der Waals surface area contributed by atoms with Gasteiger partial charge in [0, 0.05) is 25.5 Å². The first-order chi connectivity index (χ1) is 12.1. The Hall–Kier alpha value is -2.25. The lowest BCUT2D eigenvalue weighted by Gasteiger charge is -2.23. The minimum absolute atomic E-state index is 0.0480. The molecule has 1 amide bonds. The molecule has 1 saturated heterocycles. The molecule has 1 fully saturated rings. The normalized spacial score (nSPS) is 16.6. The van der Waals surface area contributed by atoms with E-state index in [9.17, 15) is 14.3 Å². The lowest BCUT2D eigenvalue weighted by Crippen LogP contribution is -2.29. The summed E-state index contributed by atoms with van der Waals surface area (Å²) in [6.07, 6.45) is 2.43. The summed E-state index contributed by atoms with van der Waals surface area (Å²) in [5.41, 5.74) is 1.86. The molecule has 0 radical (unpaired) electrons. The van der Waals surface area contributed by atoms with E-state index in [1.54, 1.807) is 6.20 Å². The van der Waals surface area contributed by atoms with Crippen LogP contribution < -0.4 is 5.32 Å². The molecule has 2 heterocycles. The van der Waals surface area contributed by atoms with Gasteiger partial charge in [-0.05, 0) is 37.5 Å². The Balaban J connectivity index is 1.61. The number of halogens is 1. The molecular formula is C18H22FN3O3. The Morgan fingerprint density at radius 2 is 2.08 bits per heavy atom. The summed E-state index contributed by atoms with van der Waals surface area (Å²) in [5.74, 6) is -0.645. The molecular weight excluding hydrogens is 325 g/mol. The Labute approximate surface area is 145 Å². The smallest absolute Gasteiger partial charge is 0.254 e. The lowest BCUT2D eigenvalue weighted by molar-refractivity contribution is 0.0656. The second kappa shape index (κ2) is 7.76. The van der Waals surface area contributed by atoms with Crippen LogP contribution in [0.2, 0.25) is 0 Å². The molecule has 1 unspecified atom stereocenters. The Morgan fingerprint density at radius 3 is 2.76 bits per heavy atom. The first-order valence-electron chi connectivity index (χ1n) is 8.40. The average molecular weight is 347 g/mol. The van der Waals surface area contributed by atoms with Crippen LogP contribution in [0.4, 0.5) is 4.39 Å². The molecule has 1 aromatic carbocycles. The van der Waals surface area contributed by atoms with Crippen LogP contribution in [-0.4, -0.2) is 40.6 Å². The molecule has 1 aliphatic heterocycles. The summed E-state index contributed by atoms with van der Waals surface area (Å²) in [7, 11) is 0. The van der Waals surface area contributed by atoms with Gasteiger partial charge in [0.05, 0.1) is 23.9 Å². The number of hydrogen-bond acceptors (Lipinski definition) is 4. The van der Waals surface area contributed by atoms with Crippen LogP contribution in [0.25, 0.3) is 0 Å². The molecule has 0 bridgehead atoms. The summed E-state index contributed by atoms with van der Waals surface area (Å²) in [4.78, 5) is 12.4. The van der Waals surface area contributed by atoms with E-state index >= 15 is 0 Å². The number of carbonyl (C=O) groups excluding carboxylic acids is 1. The number of amides is 1. The van der Waals surface area contributed by atoms with Crippen LogP contribution in [0.1, 0.15) is 46.6 Å². The van der Waals surface area contributed by atoms with Crippen LogP contribution in [-0.2, 0) is 4.74 Å². The fraction of sp³-hybridized carbons (Fsp3) is 0.444. The van der Waals surface area contributed by atoms with Crippen molar-refractivity contribution in [2.45, 2.75) is 31.9 Å². The molecule has 7 heteroatoms. The third kappa shape index (κ3) is 4.05. The van der Waals surface area contributed by atoms with E-state index in [1.807, 2.05) is 11.6 Å². The highest BCUT2D eigenvalue weighted by atomic mass is 19.1. The number of nitrogens with one attached hydrogen (secondary N) is 1. The van der Waals surface area contributed by atoms with Crippen molar-refractivity contribution in [1.29, 1.82) is 0 Å². The van der Waals surface area contributed by atoms with Gasteiger partial charge in [-0.15, -0.1) is 0 Å². The lowest BCUT2D eigenvalue weighted by atomic mass is 10.1. The van der Waals surface area contributed by atoms with Crippen LogP contribution in [0, 0.1) is 12.7 Å². The fourth-order valence-corrected chi connectivity index (χ4v) is 3.03. The van der Waals surface area contributed by atoms with Crippen molar-refractivity contribution in [3.05, 3.63) is 53.1 Å². The van der Waals surface area contributed by atoms with Crippen LogP contribution in [0.5, 0.6) is 0 Å². The summed E-state index contributed by atoms with van der Waals surface area (Å²) in [6.45, 7) is 3.32. The van der Waals surface area contributed by atoms with E-state index in [4.69, 9.17) is 4.74 Å². The molecule has 25 heavy (non-hydrogen) atoms. The fourth-order valence-electron chi connectivity index (χ4n) is 3.03. The van der Waals surface area contributed by atoms with E-state index < -0.39 is 6.10 Å². The zero-order chi connectivity index (χ0) is 17.8. The van der Waals surface area contributed by atoms with E-state index in [2.05, 4.69) is 10.4 Å². The third-order valence-electron chi connectivity index (χ3n) is 4.54. The maximum atomic E-state index is 12.9. The molecule has 1 atom stereocenters. The maximum absolute atomic E-state index is 12.9. The van der Waals surface area contributed by atoms with Gasteiger partial charge in [-0.1, -0.05) is 12.1 Å². The molecule has 2 aromatic rings. The minimum Gasteiger partial charge on any atom is -0.387 e. The van der Waals surface area contributed by atoms with Crippen LogP contribution in [0.15, 0.2) is 30.5 Å². The first-order valence-corrected chi connectivity index (χ1v) is 8.40. The van der Waals surface area contributed by atoms with Crippen molar-refractivity contribution >= 4 is 5.91 Å². The summed E-state index contributed by atoms with van der Waals surface area (Å²) in [6, 6.07) is 5.81. The van der Waals surface area contributed by atoms with Crippen LogP contribution >= 0.6 is 0 Å². The monoisotopic (exact) mass is 347 g/mol. The van der Waals surface area contributed by atoms with Gasteiger partial charge in [-0.25, -0.2) is 4.39 Å². The maximum Gasteiger partial charge on any atom is 0.254 e. The van der Waals surface area contributed by atoms with E-state index in [1.165, 1.54) is 24.3 Å². The zero-order valence-electron chi connectivity index (χ0n) is 14.1. The van der Waals surface area contributed by atoms with E-state index in [-0.39, 0.29) is 24.3 Å². The van der Waals surface area contributed by atoms with Crippen molar-refractivity contribution < 1.29 is 19.0 Å². The summed E-state index contributed by atoms with van der Waals surface area (Å²) < 4.78 is 20.2. The molecule has 1 aromatic heterocycles. The summed E-state index contributed by atoms with van der Waals surface area (Å²) in [5, 5.41) is 17.2.